The quantitative estimate of drug-likeness (QED) is 0.850. The van der Waals surface area contributed by atoms with E-state index < -0.39 is 17.8 Å². The molecule has 2 heterocycles. The molecule has 0 radical (unpaired) electrons. The van der Waals surface area contributed by atoms with Gasteiger partial charge in [0.05, 0.1) is 16.8 Å². The molecule has 1 aliphatic heterocycles. The number of hydrogen-bond donors (Lipinski definition) is 1. The number of anilines is 1. The molecular formula is C15H10N2O4. The van der Waals surface area contributed by atoms with Gasteiger partial charge in [-0.05, 0) is 42.8 Å². The van der Waals surface area contributed by atoms with Crippen molar-refractivity contribution in [1.29, 1.82) is 0 Å². The van der Waals surface area contributed by atoms with Crippen molar-refractivity contribution in [2.45, 2.75) is 6.92 Å². The molecule has 3 rings (SSSR count). The molecule has 2 aromatic rings. The van der Waals surface area contributed by atoms with Crippen molar-refractivity contribution < 1.29 is 19.5 Å². The maximum absolute atomic E-state index is 12.3. The second-order valence-corrected chi connectivity index (χ2v) is 4.65. The van der Waals surface area contributed by atoms with Crippen molar-refractivity contribution in [2.75, 3.05) is 4.90 Å². The van der Waals surface area contributed by atoms with Crippen LogP contribution in [0.4, 0.5) is 5.69 Å². The highest BCUT2D eigenvalue weighted by molar-refractivity contribution is 6.33. The van der Waals surface area contributed by atoms with Gasteiger partial charge >= 0.3 is 5.97 Å². The first-order valence-electron chi connectivity index (χ1n) is 6.18. The maximum Gasteiger partial charge on any atom is 0.335 e. The number of carboxylic acid groups (broad SMARTS) is 1. The molecule has 2 amide bonds. The van der Waals surface area contributed by atoms with Gasteiger partial charge in [-0.3, -0.25) is 14.6 Å². The zero-order chi connectivity index (χ0) is 15.1. The van der Waals surface area contributed by atoms with Crippen LogP contribution >= 0.6 is 0 Å². The fourth-order valence-electron chi connectivity index (χ4n) is 2.33. The molecule has 1 aliphatic rings. The van der Waals surface area contributed by atoms with Gasteiger partial charge in [-0.25, -0.2) is 9.69 Å². The van der Waals surface area contributed by atoms with E-state index in [0.717, 1.165) is 4.90 Å². The molecule has 0 spiro atoms. The number of amides is 2. The Labute approximate surface area is 119 Å². The summed E-state index contributed by atoms with van der Waals surface area (Å²) in [6, 6.07) is 7.46. The Bertz CT molecular complexity index is 763. The summed E-state index contributed by atoms with van der Waals surface area (Å²) in [7, 11) is 0. The molecule has 6 nitrogen and oxygen atoms in total. The zero-order valence-electron chi connectivity index (χ0n) is 11.0. The highest BCUT2D eigenvalue weighted by Gasteiger charge is 2.37. The fourth-order valence-corrected chi connectivity index (χ4v) is 2.33. The predicted molar refractivity (Wildman–Crippen MR) is 73.5 cm³/mol. The average molecular weight is 282 g/mol. The highest BCUT2D eigenvalue weighted by atomic mass is 16.4. The lowest BCUT2D eigenvalue weighted by Gasteiger charge is -2.14. The van der Waals surface area contributed by atoms with Crippen molar-refractivity contribution >= 4 is 23.5 Å². The second-order valence-electron chi connectivity index (χ2n) is 4.65. The molecule has 1 aromatic carbocycles. The topological polar surface area (TPSA) is 87.6 Å². The van der Waals surface area contributed by atoms with Gasteiger partial charge in [0.1, 0.15) is 5.69 Å². The number of carboxylic acids is 1. The Kier molecular flexibility index (Phi) is 2.79. The fraction of sp³-hybridized carbons (Fsp3) is 0.0667. The molecule has 6 heteroatoms. The molecule has 0 saturated carbocycles. The molecule has 0 atom stereocenters. The average Bonchev–Trinajstić information content (AvgIpc) is 2.71. The largest absolute Gasteiger partial charge is 0.478 e. The number of imide groups is 1. The molecule has 0 fully saturated rings. The summed E-state index contributed by atoms with van der Waals surface area (Å²) in [6.07, 6.45) is 1.45. The van der Waals surface area contributed by atoms with E-state index in [1.165, 1.54) is 24.4 Å². The molecule has 1 aromatic heterocycles. The predicted octanol–water partition coefficient (Wildman–Crippen LogP) is 1.89. The Balaban J connectivity index is 2.07. The number of aryl methyl sites for hydroxylation is 1. The minimum absolute atomic E-state index is 0.113. The molecule has 0 saturated heterocycles. The Hall–Kier alpha value is -3.02. The third kappa shape index (κ3) is 1.88. The third-order valence-corrected chi connectivity index (χ3v) is 3.35. The number of aromatic carboxylic acids is 1. The van der Waals surface area contributed by atoms with Crippen LogP contribution in [0.1, 0.15) is 36.8 Å². The summed E-state index contributed by atoms with van der Waals surface area (Å²) >= 11 is 0. The molecule has 0 unspecified atom stereocenters. The molecule has 0 aliphatic carbocycles. The van der Waals surface area contributed by atoms with Crippen molar-refractivity contribution in [3.8, 4) is 0 Å². The number of pyridine rings is 1. The van der Waals surface area contributed by atoms with Crippen molar-refractivity contribution in [1.82, 2.24) is 4.98 Å². The van der Waals surface area contributed by atoms with Gasteiger partial charge in [-0.2, -0.15) is 0 Å². The Morgan fingerprint density at radius 3 is 2.57 bits per heavy atom. The van der Waals surface area contributed by atoms with Crippen molar-refractivity contribution in [2.24, 2.45) is 0 Å². The van der Waals surface area contributed by atoms with Crippen LogP contribution in [0.5, 0.6) is 0 Å². The summed E-state index contributed by atoms with van der Waals surface area (Å²) in [4.78, 5) is 40.5. The van der Waals surface area contributed by atoms with E-state index in [4.69, 9.17) is 5.11 Å². The van der Waals surface area contributed by atoms with Gasteiger partial charge in [0.15, 0.2) is 0 Å². The first-order chi connectivity index (χ1) is 10.0. The van der Waals surface area contributed by atoms with Gasteiger partial charge in [-0.15, -0.1) is 0 Å². The van der Waals surface area contributed by atoms with Crippen molar-refractivity contribution in [3.05, 3.63) is 58.9 Å². The SMILES string of the molecule is Cc1cc(N2C(=O)c3cccnc3C2=O)ccc1C(=O)O. The lowest BCUT2D eigenvalue weighted by Crippen LogP contribution is -2.29. The number of carbonyl (C=O) groups is 3. The van der Waals surface area contributed by atoms with Crippen LogP contribution < -0.4 is 4.90 Å². The van der Waals surface area contributed by atoms with E-state index in [1.807, 2.05) is 0 Å². The molecule has 1 N–H and O–H groups in total. The molecular weight excluding hydrogens is 272 g/mol. The number of fused-ring (bicyclic) bond motifs is 1. The van der Waals surface area contributed by atoms with Crippen LogP contribution in [0.3, 0.4) is 0 Å². The van der Waals surface area contributed by atoms with Gasteiger partial charge in [0.2, 0.25) is 0 Å². The highest BCUT2D eigenvalue weighted by Crippen LogP contribution is 2.28. The number of rotatable bonds is 2. The summed E-state index contributed by atoms with van der Waals surface area (Å²) in [5.74, 6) is -2.01. The second kappa shape index (κ2) is 4.52. The van der Waals surface area contributed by atoms with Crippen LogP contribution in [0.2, 0.25) is 0 Å². The third-order valence-electron chi connectivity index (χ3n) is 3.35. The van der Waals surface area contributed by atoms with E-state index in [0.29, 0.717) is 11.3 Å². The van der Waals surface area contributed by atoms with Crippen LogP contribution in [0.25, 0.3) is 0 Å². The van der Waals surface area contributed by atoms with Crippen LogP contribution in [-0.2, 0) is 0 Å². The van der Waals surface area contributed by atoms with Gasteiger partial charge < -0.3 is 5.11 Å². The summed E-state index contributed by atoms with van der Waals surface area (Å²) < 4.78 is 0. The molecule has 21 heavy (non-hydrogen) atoms. The lowest BCUT2D eigenvalue weighted by molar-refractivity contribution is 0.0695. The van der Waals surface area contributed by atoms with E-state index in [-0.39, 0.29) is 16.8 Å². The molecule has 104 valence electrons. The first-order valence-corrected chi connectivity index (χ1v) is 6.18. The van der Waals surface area contributed by atoms with E-state index in [2.05, 4.69) is 4.98 Å². The van der Waals surface area contributed by atoms with E-state index in [1.54, 1.807) is 19.1 Å². The maximum atomic E-state index is 12.3. The summed E-state index contributed by atoms with van der Waals surface area (Å²) in [6.45, 7) is 1.61. The van der Waals surface area contributed by atoms with E-state index >= 15 is 0 Å². The van der Waals surface area contributed by atoms with Crippen molar-refractivity contribution in [3.63, 3.8) is 0 Å². The molecule has 0 bridgehead atoms. The minimum Gasteiger partial charge on any atom is -0.478 e. The zero-order valence-corrected chi connectivity index (χ0v) is 11.0. The lowest BCUT2D eigenvalue weighted by atomic mass is 10.1. The van der Waals surface area contributed by atoms with Gasteiger partial charge in [-0.1, -0.05) is 0 Å². The summed E-state index contributed by atoms with van der Waals surface area (Å²) in [5, 5.41) is 9.01. The minimum atomic E-state index is -1.05. The first kappa shape index (κ1) is 13.0. The number of carbonyl (C=O) groups excluding carboxylic acids is 2. The van der Waals surface area contributed by atoms with Crippen LogP contribution in [0.15, 0.2) is 36.5 Å². The normalized spacial score (nSPS) is 13.5. The monoisotopic (exact) mass is 282 g/mol. The number of hydrogen-bond acceptors (Lipinski definition) is 4. The smallest absolute Gasteiger partial charge is 0.335 e. The Morgan fingerprint density at radius 1 is 1.19 bits per heavy atom. The number of benzene rings is 1. The standard InChI is InChI=1S/C15H10N2O4/c1-8-7-9(4-5-10(8)15(20)21)17-13(18)11-3-2-6-16-12(11)14(17)19/h2-7H,1H3,(H,20,21). The van der Waals surface area contributed by atoms with E-state index in [9.17, 15) is 14.4 Å². The Morgan fingerprint density at radius 2 is 1.95 bits per heavy atom. The number of aromatic nitrogens is 1. The van der Waals surface area contributed by atoms with Gasteiger partial charge in [0.25, 0.3) is 11.8 Å². The summed E-state index contributed by atoms with van der Waals surface area (Å²) in [5.41, 5.74) is 1.31. The van der Waals surface area contributed by atoms with Crippen LogP contribution in [0, 0.1) is 6.92 Å². The van der Waals surface area contributed by atoms with Crippen LogP contribution in [-0.4, -0.2) is 27.9 Å². The van der Waals surface area contributed by atoms with Gasteiger partial charge in [0, 0.05) is 6.20 Å². The number of nitrogens with zero attached hydrogens (tertiary/aromatic N) is 2.